The van der Waals surface area contributed by atoms with Crippen molar-refractivity contribution in [2.45, 2.75) is 110 Å². The largest absolute Gasteiger partial charge is 0.490 e. The first kappa shape index (κ1) is 29.7. The van der Waals surface area contributed by atoms with Gasteiger partial charge in [-0.05, 0) is 87.4 Å². The van der Waals surface area contributed by atoms with Gasteiger partial charge in [0.05, 0.1) is 17.4 Å². The summed E-state index contributed by atoms with van der Waals surface area (Å²) in [4.78, 5) is 14.2. The Morgan fingerprint density at radius 1 is 0.952 bits per heavy atom. The van der Waals surface area contributed by atoms with Crippen molar-refractivity contribution in [2.24, 2.45) is 0 Å². The summed E-state index contributed by atoms with van der Waals surface area (Å²) >= 11 is 0. The van der Waals surface area contributed by atoms with Crippen LogP contribution in [0.5, 0.6) is 11.6 Å². The van der Waals surface area contributed by atoms with E-state index in [9.17, 15) is 4.79 Å². The highest BCUT2D eigenvalue weighted by molar-refractivity contribution is 5.76. The molecule has 0 bridgehead atoms. The summed E-state index contributed by atoms with van der Waals surface area (Å²) in [7, 11) is 0. The molecule has 226 valence electrons. The number of nitrogens with one attached hydrogen (secondary N) is 1. The maximum absolute atomic E-state index is 12.5. The van der Waals surface area contributed by atoms with Crippen molar-refractivity contribution < 1.29 is 19.0 Å². The number of aromatic amines is 1. The molecule has 1 saturated carbocycles. The molecule has 0 atom stereocenters. The molecule has 5 rings (SSSR count). The number of aryl methyl sites for hydroxylation is 1. The van der Waals surface area contributed by atoms with E-state index in [4.69, 9.17) is 14.2 Å². The molecule has 1 amide bonds. The van der Waals surface area contributed by atoms with Gasteiger partial charge in [-0.1, -0.05) is 25.8 Å². The summed E-state index contributed by atoms with van der Waals surface area (Å²) in [5.74, 6) is 1.81. The minimum absolute atomic E-state index is 0.0607. The second kappa shape index (κ2) is 13.5. The van der Waals surface area contributed by atoms with Crippen molar-refractivity contribution >= 4 is 6.09 Å². The molecule has 2 fully saturated rings. The fourth-order valence-electron chi connectivity index (χ4n) is 5.51. The average Bonchev–Trinajstić information content (AvgIpc) is 3.52. The number of carbonyl (C=O) groups is 1. The average molecular weight is 578 g/mol. The third-order valence-corrected chi connectivity index (χ3v) is 7.73. The van der Waals surface area contributed by atoms with E-state index in [1.54, 1.807) is 4.90 Å². The third kappa shape index (κ3) is 7.74. The number of amides is 1. The first-order valence-electron chi connectivity index (χ1n) is 15.4. The van der Waals surface area contributed by atoms with E-state index in [2.05, 4.69) is 49.9 Å². The highest BCUT2D eigenvalue weighted by Gasteiger charge is 2.28. The summed E-state index contributed by atoms with van der Waals surface area (Å²) in [6, 6.07) is 8.13. The second-order valence-corrected chi connectivity index (χ2v) is 12.3. The normalized spacial score (nSPS) is 16.8. The lowest BCUT2D eigenvalue weighted by molar-refractivity contribution is 0.0122. The topological polar surface area (TPSA) is 128 Å². The maximum Gasteiger partial charge on any atom is 0.410 e. The number of rotatable bonds is 9. The minimum Gasteiger partial charge on any atom is -0.490 e. The van der Waals surface area contributed by atoms with E-state index in [1.165, 1.54) is 19.3 Å². The minimum atomic E-state index is -0.514. The molecule has 1 saturated heterocycles. The van der Waals surface area contributed by atoms with Crippen molar-refractivity contribution in [1.29, 1.82) is 0 Å². The van der Waals surface area contributed by atoms with Crippen LogP contribution in [0, 0.1) is 0 Å². The zero-order valence-corrected chi connectivity index (χ0v) is 25.3. The van der Waals surface area contributed by atoms with E-state index in [0.29, 0.717) is 37.6 Å². The van der Waals surface area contributed by atoms with Gasteiger partial charge in [0.25, 0.3) is 0 Å². The molecule has 2 aliphatic rings. The Labute approximate surface area is 247 Å². The Hall–Kier alpha value is -3.76. The van der Waals surface area contributed by atoms with E-state index in [1.807, 2.05) is 32.9 Å². The number of nitrogens with zero attached hydrogens (tertiary/aromatic N) is 6. The Balaban J connectivity index is 1.36. The molecule has 11 heteroatoms. The quantitative estimate of drug-likeness (QED) is 0.318. The van der Waals surface area contributed by atoms with Crippen LogP contribution in [0.4, 0.5) is 4.79 Å². The molecule has 0 spiro atoms. The van der Waals surface area contributed by atoms with Crippen LogP contribution in [0.15, 0.2) is 24.3 Å². The summed E-state index contributed by atoms with van der Waals surface area (Å²) in [5, 5.41) is 23.8. The molecular weight excluding hydrogens is 534 g/mol. The highest BCUT2D eigenvalue weighted by Crippen LogP contribution is 2.36. The first-order chi connectivity index (χ1) is 20.3. The lowest BCUT2D eigenvalue weighted by Gasteiger charge is -2.33. The molecule has 11 nitrogen and oxygen atoms in total. The lowest BCUT2D eigenvalue weighted by Crippen LogP contribution is -2.44. The second-order valence-electron chi connectivity index (χ2n) is 12.3. The Kier molecular flexibility index (Phi) is 9.54. The number of hydrogen-bond donors (Lipinski definition) is 1. The Morgan fingerprint density at radius 3 is 2.40 bits per heavy atom. The van der Waals surface area contributed by atoms with Crippen LogP contribution in [0.1, 0.15) is 91.2 Å². The number of likely N-dealkylation sites (tertiary alicyclic amines) is 1. The summed E-state index contributed by atoms with van der Waals surface area (Å²) in [6.45, 7) is 8.95. The third-order valence-electron chi connectivity index (χ3n) is 7.73. The number of aromatic nitrogens is 6. The standard InChI is InChI=1S/C31H43N7O4/c1-5-6-12-26-24(20-28(33-32-26)41-23-15-17-38(18-16-23)30(39)42-31(2,3)4)21-13-14-27(40-22-10-8-7-9-11-22)25(19-21)29-34-36-37-35-29/h13-14,19-20,22-23H,5-12,15-18H2,1-4H3,(H,34,35,36,37). The molecule has 1 N–H and O–H groups in total. The van der Waals surface area contributed by atoms with Gasteiger partial charge in [-0.25, -0.2) is 9.89 Å². The molecule has 0 radical (unpaired) electrons. The molecule has 1 aliphatic carbocycles. The van der Waals surface area contributed by atoms with Crippen molar-refractivity contribution in [3.8, 4) is 34.1 Å². The fraction of sp³-hybridized carbons (Fsp3) is 0.613. The summed E-state index contributed by atoms with van der Waals surface area (Å²) < 4.78 is 18.3. The van der Waals surface area contributed by atoms with E-state index < -0.39 is 5.60 Å². The van der Waals surface area contributed by atoms with Gasteiger partial charge >= 0.3 is 6.09 Å². The molecule has 1 aliphatic heterocycles. The van der Waals surface area contributed by atoms with Crippen molar-refractivity contribution in [1.82, 2.24) is 35.7 Å². The van der Waals surface area contributed by atoms with Crippen molar-refractivity contribution in [3.63, 3.8) is 0 Å². The summed E-state index contributed by atoms with van der Waals surface area (Å²) in [6.07, 6.45) is 9.88. The van der Waals surface area contributed by atoms with Crippen LogP contribution in [0.25, 0.3) is 22.5 Å². The van der Waals surface area contributed by atoms with Gasteiger partial charge in [0.15, 0.2) is 5.82 Å². The molecule has 2 aromatic heterocycles. The zero-order valence-electron chi connectivity index (χ0n) is 25.3. The number of piperidine rings is 1. The Morgan fingerprint density at radius 2 is 1.71 bits per heavy atom. The van der Waals surface area contributed by atoms with Gasteiger partial charge in [0.1, 0.15) is 17.5 Å². The van der Waals surface area contributed by atoms with Gasteiger partial charge in [-0.2, -0.15) is 5.10 Å². The predicted molar refractivity (Wildman–Crippen MR) is 158 cm³/mol. The number of H-pyrrole nitrogens is 1. The fourth-order valence-corrected chi connectivity index (χ4v) is 5.51. The number of benzene rings is 1. The van der Waals surface area contributed by atoms with Gasteiger partial charge in [0, 0.05) is 37.6 Å². The van der Waals surface area contributed by atoms with E-state index >= 15 is 0 Å². The molecule has 3 aromatic rings. The SMILES string of the molecule is CCCCc1nnc(OC2CCN(C(=O)OC(C)(C)C)CC2)cc1-c1ccc(OC2CCCCC2)c(-c2nnn[nH]2)c1. The molecular formula is C31H43N7O4. The summed E-state index contributed by atoms with van der Waals surface area (Å²) in [5.41, 5.74) is 3.17. The molecule has 42 heavy (non-hydrogen) atoms. The van der Waals surface area contributed by atoms with Gasteiger partial charge in [0.2, 0.25) is 5.88 Å². The molecule has 0 unspecified atom stereocenters. The van der Waals surface area contributed by atoms with Gasteiger partial charge < -0.3 is 19.1 Å². The van der Waals surface area contributed by atoms with Crippen LogP contribution in [0.2, 0.25) is 0 Å². The van der Waals surface area contributed by atoms with Crippen LogP contribution in [-0.2, 0) is 11.2 Å². The maximum atomic E-state index is 12.5. The van der Waals surface area contributed by atoms with Crippen LogP contribution in [-0.4, -0.2) is 72.7 Å². The highest BCUT2D eigenvalue weighted by atomic mass is 16.6. The number of ether oxygens (including phenoxy) is 3. The number of unbranched alkanes of at least 4 members (excludes halogenated alkanes) is 1. The van der Waals surface area contributed by atoms with Crippen molar-refractivity contribution in [2.75, 3.05) is 13.1 Å². The number of carbonyl (C=O) groups excluding carboxylic acids is 1. The zero-order chi connectivity index (χ0) is 29.5. The van der Waals surface area contributed by atoms with Gasteiger partial charge in [-0.3, -0.25) is 0 Å². The van der Waals surface area contributed by atoms with Crippen molar-refractivity contribution in [3.05, 3.63) is 30.0 Å². The van der Waals surface area contributed by atoms with E-state index in [-0.39, 0.29) is 18.3 Å². The van der Waals surface area contributed by atoms with Crippen LogP contribution in [0.3, 0.4) is 0 Å². The molecule has 3 heterocycles. The molecule has 1 aromatic carbocycles. The Bertz CT molecular complexity index is 1310. The predicted octanol–water partition coefficient (Wildman–Crippen LogP) is 6.16. The van der Waals surface area contributed by atoms with E-state index in [0.717, 1.165) is 60.2 Å². The van der Waals surface area contributed by atoms with Crippen LogP contribution < -0.4 is 9.47 Å². The first-order valence-corrected chi connectivity index (χ1v) is 15.4. The number of hydrogen-bond acceptors (Lipinski definition) is 9. The van der Waals surface area contributed by atoms with Gasteiger partial charge in [-0.15, -0.1) is 10.2 Å². The lowest BCUT2D eigenvalue weighted by atomic mass is 9.97. The number of tetrazole rings is 1. The van der Waals surface area contributed by atoms with Crippen LogP contribution >= 0.6 is 0 Å². The smallest absolute Gasteiger partial charge is 0.410 e. The monoisotopic (exact) mass is 577 g/mol.